The molecule has 0 N–H and O–H groups in total. The minimum Gasteiger partial charge on any atom is -0.256 e. The summed E-state index contributed by atoms with van der Waals surface area (Å²) in [5, 5.41) is 0. The second kappa shape index (κ2) is 8.91. The first-order valence-electron chi connectivity index (χ1n) is 14.4. The summed E-state index contributed by atoms with van der Waals surface area (Å²) in [4.78, 5) is 4.95. The lowest BCUT2D eigenvalue weighted by Gasteiger charge is -2.27. The zero-order valence-electron chi connectivity index (χ0n) is 25.9. The van der Waals surface area contributed by atoms with Crippen LogP contribution in [-0.4, -0.2) is 4.98 Å². The van der Waals surface area contributed by atoms with E-state index in [9.17, 15) is 0 Å². The zero-order valence-corrected chi connectivity index (χ0v) is 25.9. The van der Waals surface area contributed by atoms with Crippen LogP contribution in [0.3, 0.4) is 0 Å². The van der Waals surface area contributed by atoms with Gasteiger partial charge >= 0.3 is 0 Å². The molecule has 1 aliphatic carbocycles. The molecule has 0 saturated heterocycles. The van der Waals surface area contributed by atoms with E-state index in [2.05, 4.69) is 149 Å². The Morgan fingerprint density at radius 1 is 0.538 bits per heavy atom. The van der Waals surface area contributed by atoms with Gasteiger partial charge in [0.2, 0.25) is 0 Å². The summed E-state index contributed by atoms with van der Waals surface area (Å²) >= 11 is 0. The maximum absolute atomic E-state index is 4.95. The van der Waals surface area contributed by atoms with Crippen molar-refractivity contribution in [3.05, 3.63) is 101 Å². The van der Waals surface area contributed by atoms with Crippen molar-refractivity contribution < 1.29 is 0 Å². The van der Waals surface area contributed by atoms with E-state index < -0.39 is 0 Å². The van der Waals surface area contributed by atoms with Crippen molar-refractivity contribution in [1.82, 2.24) is 4.98 Å². The Labute approximate surface area is 236 Å². The molecule has 4 aromatic rings. The summed E-state index contributed by atoms with van der Waals surface area (Å²) in [5.74, 6) is 0. The number of fused-ring (bicyclic) bond motifs is 3. The van der Waals surface area contributed by atoms with Crippen LogP contribution >= 0.6 is 0 Å². The predicted octanol–water partition coefficient (Wildman–Crippen LogP) is 10.6. The predicted molar refractivity (Wildman–Crippen MR) is 169 cm³/mol. The lowest BCUT2D eigenvalue weighted by atomic mass is 9.77. The van der Waals surface area contributed by atoms with E-state index in [-0.39, 0.29) is 21.7 Å². The standard InChI is InChI=1S/C38H45N/c1-35(2,3)26-16-18-33(39-23-26)31-14-12-13-30-29-17-15-24(21-32(29)38(10,11)34(30)31)25-19-27(36(4,5)6)22-28(20-25)37(7,8)9/h12-23H,1-11H3. The second-order valence-corrected chi connectivity index (χ2v) is 15.1. The van der Waals surface area contributed by atoms with Gasteiger partial charge in [0.25, 0.3) is 0 Å². The van der Waals surface area contributed by atoms with Gasteiger partial charge < -0.3 is 0 Å². The molecule has 1 heterocycles. The highest BCUT2D eigenvalue weighted by Gasteiger charge is 2.38. The molecule has 0 spiro atoms. The normalized spacial score (nSPS) is 14.7. The Hall–Kier alpha value is -3.19. The fraction of sp³-hybridized carbons (Fsp3) is 0.395. The van der Waals surface area contributed by atoms with Crippen molar-refractivity contribution in [2.75, 3.05) is 0 Å². The second-order valence-electron chi connectivity index (χ2n) is 15.1. The molecule has 0 aliphatic heterocycles. The summed E-state index contributed by atoms with van der Waals surface area (Å²) in [6, 6.07) is 25.5. The Bertz CT molecular complexity index is 1510. The average Bonchev–Trinajstić information content (AvgIpc) is 3.09. The van der Waals surface area contributed by atoms with Crippen LogP contribution in [0.5, 0.6) is 0 Å². The molecule has 3 aromatic carbocycles. The van der Waals surface area contributed by atoms with Crippen molar-refractivity contribution in [3.8, 4) is 33.5 Å². The molecule has 0 atom stereocenters. The summed E-state index contributed by atoms with van der Waals surface area (Å²) in [5.41, 5.74) is 14.5. The molecule has 0 amide bonds. The molecule has 0 bridgehead atoms. The summed E-state index contributed by atoms with van der Waals surface area (Å²) in [6.07, 6.45) is 2.05. The van der Waals surface area contributed by atoms with Gasteiger partial charge in [0.15, 0.2) is 0 Å². The molecule has 5 rings (SSSR count). The number of nitrogens with zero attached hydrogens (tertiary/aromatic N) is 1. The molecule has 0 saturated carbocycles. The molecule has 1 aromatic heterocycles. The summed E-state index contributed by atoms with van der Waals surface area (Å²) in [6.45, 7) is 25.3. The van der Waals surface area contributed by atoms with Crippen LogP contribution in [0.15, 0.2) is 72.9 Å². The number of pyridine rings is 1. The zero-order chi connectivity index (χ0) is 28.5. The highest BCUT2D eigenvalue weighted by Crippen LogP contribution is 2.53. The van der Waals surface area contributed by atoms with Gasteiger partial charge in [0, 0.05) is 17.2 Å². The Balaban J connectivity index is 1.64. The quantitative estimate of drug-likeness (QED) is 0.259. The number of hydrogen-bond acceptors (Lipinski definition) is 1. The van der Waals surface area contributed by atoms with Crippen molar-refractivity contribution in [2.24, 2.45) is 0 Å². The lowest BCUT2D eigenvalue weighted by Crippen LogP contribution is -2.17. The van der Waals surface area contributed by atoms with Crippen LogP contribution in [0.2, 0.25) is 0 Å². The van der Waals surface area contributed by atoms with Gasteiger partial charge in [-0.2, -0.15) is 0 Å². The molecule has 0 radical (unpaired) electrons. The fourth-order valence-electron chi connectivity index (χ4n) is 5.93. The molecule has 1 aliphatic rings. The highest BCUT2D eigenvalue weighted by atomic mass is 14.7. The van der Waals surface area contributed by atoms with Crippen molar-refractivity contribution in [3.63, 3.8) is 0 Å². The first-order chi connectivity index (χ1) is 18.0. The minimum absolute atomic E-state index is 0.0900. The average molecular weight is 516 g/mol. The van der Waals surface area contributed by atoms with E-state index in [4.69, 9.17) is 4.98 Å². The lowest BCUT2D eigenvalue weighted by molar-refractivity contribution is 0.569. The SMILES string of the molecule is CC(C)(C)c1ccc(-c2cccc3c2C(C)(C)c2cc(-c4cc(C(C)(C)C)cc(C(C)(C)C)c4)ccc2-3)nc1. The maximum Gasteiger partial charge on any atom is 0.0705 e. The smallest absolute Gasteiger partial charge is 0.0705 e. The largest absolute Gasteiger partial charge is 0.256 e. The third-order valence-corrected chi connectivity index (χ3v) is 8.58. The van der Waals surface area contributed by atoms with Gasteiger partial charge in [-0.05, 0) is 78.4 Å². The third kappa shape index (κ3) is 4.86. The maximum atomic E-state index is 4.95. The van der Waals surface area contributed by atoms with Crippen LogP contribution in [0.1, 0.15) is 104 Å². The first-order valence-corrected chi connectivity index (χ1v) is 14.4. The van der Waals surface area contributed by atoms with E-state index in [1.807, 2.05) is 0 Å². The topological polar surface area (TPSA) is 12.9 Å². The number of aromatic nitrogens is 1. The van der Waals surface area contributed by atoms with E-state index in [0.717, 1.165) is 5.69 Å². The van der Waals surface area contributed by atoms with Gasteiger partial charge in [-0.3, -0.25) is 4.98 Å². The molecule has 202 valence electrons. The minimum atomic E-state index is -0.129. The van der Waals surface area contributed by atoms with Gasteiger partial charge in [-0.15, -0.1) is 0 Å². The van der Waals surface area contributed by atoms with Crippen LogP contribution in [0.25, 0.3) is 33.5 Å². The van der Waals surface area contributed by atoms with Crippen LogP contribution in [-0.2, 0) is 21.7 Å². The molecule has 1 nitrogen and oxygen atoms in total. The van der Waals surface area contributed by atoms with Crippen LogP contribution in [0.4, 0.5) is 0 Å². The first kappa shape index (κ1) is 27.4. The van der Waals surface area contributed by atoms with E-state index in [1.165, 1.54) is 55.6 Å². The van der Waals surface area contributed by atoms with Gasteiger partial charge in [-0.1, -0.05) is 131 Å². The van der Waals surface area contributed by atoms with Gasteiger partial charge in [-0.25, -0.2) is 0 Å². The van der Waals surface area contributed by atoms with Crippen molar-refractivity contribution in [2.45, 2.75) is 97.8 Å². The van der Waals surface area contributed by atoms with E-state index in [1.54, 1.807) is 0 Å². The van der Waals surface area contributed by atoms with Gasteiger partial charge in [0.1, 0.15) is 0 Å². The molecular formula is C38H45N. The summed E-state index contributed by atoms with van der Waals surface area (Å²) < 4.78 is 0. The number of rotatable bonds is 2. The van der Waals surface area contributed by atoms with Crippen LogP contribution < -0.4 is 0 Å². The van der Waals surface area contributed by atoms with Crippen LogP contribution in [0, 0.1) is 0 Å². The fourth-order valence-corrected chi connectivity index (χ4v) is 5.93. The Morgan fingerprint density at radius 3 is 1.67 bits per heavy atom. The molecule has 0 unspecified atom stereocenters. The van der Waals surface area contributed by atoms with Crippen molar-refractivity contribution >= 4 is 0 Å². The van der Waals surface area contributed by atoms with Crippen molar-refractivity contribution in [1.29, 1.82) is 0 Å². The number of hydrogen-bond donors (Lipinski definition) is 0. The summed E-state index contributed by atoms with van der Waals surface area (Å²) in [7, 11) is 0. The molecule has 0 fully saturated rings. The number of benzene rings is 3. The highest BCUT2D eigenvalue weighted by molar-refractivity contribution is 5.89. The molecule has 39 heavy (non-hydrogen) atoms. The Morgan fingerprint density at radius 2 is 1.13 bits per heavy atom. The molecule has 1 heteroatoms. The molecular weight excluding hydrogens is 470 g/mol. The van der Waals surface area contributed by atoms with E-state index in [0.29, 0.717) is 0 Å². The monoisotopic (exact) mass is 515 g/mol. The van der Waals surface area contributed by atoms with Gasteiger partial charge in [0.05, 0.1) is 5.69 Å². The third-order valence-electron chi connectivity index (χ3n) is 8.58. The van der Waals surface area contributed by atoms with E-state index >= 15 is 0 Å². The Kier molecular flexibility index (Phi) is 6.26.